The minimum atomic E-state index is -0.508. The lowest BCUT2D eigenvalue weighted by Crippen LogP contribution is -2.39. The fraction of sp³-hybridized carbons (Fsp3) is 0.269. The van der Waals surface area contributed by atoms with Crippen LogP contribution >= 0.6 is 11.3 Å². The summed E-state index contributed by atoms with van der Waals surface area (Å²) in [5.74, 6) is 0.216. The largest absolute Gasteiger partial charge is 0.507 e. The molecule has 8 nitrogen and oxygen atoms in total. The molecule has 0 saturated heterocycles. The van der Waals surface area contributed by atoms with Crippen LogP contribution in [0.25, 0.3) is 27.0 Å². The summed E-state index contributed by atoms with van der Waals surface area (Å²) in [5, 5.41) is 14.7. The maximum absolute atomic E-state index is 12.4. The van der Waals surface area contributed by atoms with Crippen LogP contribution in [0, 0.1) is 0 Å². The Labute approximate surface area is 207 Å². The highest BCUT2D eigenvalue weighted by molar-refractivity contribution is 7.13. The van der Waals surface area contributed by atoms with Gasteiger partial charge in [-0.25, -0.2) is 9.78 Å². The molecule has 3 N–H and O–H groups in total. The van der Waals surface area contributed by atoms with Gasteiger partial charge in [-0.15, -0.1) is 11.3 Å². The van der Waals surface area contributed by atoms with Crippen LogP contribution in [-0.2, 0) is 4.74 Å². The molecule has 1 amide bonds. The zero-order valence-electron chi connectivity index (χ0n) is 19.8. The number of phenols is 1. The van der Waals surface area contributed by atoms with E-state index in [4.69, 9.17) is 4.74 Å². The van der Waals surface area contributed by atoms with E-state index in [9.17, 15) is 9.90 Å². The number of pyridine rings is 1. The number of carbonyl (C=O) groups is 1. The molecule has 0 saturated carbocycles. The van der Waals surface area contributed by atoms with E-state index in [0.29, 0.717) is 13.1 Å². The number of amides is 1. The number of benzene rings is 1. The first-order chi connectivity index (χ1) is 16.8. The molecule has 0 spiro atoms. The monoisotopic (exact) mass is 489 g/mol. The average molecular weight is 490 g/mol. The lowest BCUT2D eigenvalue weighted by Gasteiger charge is -2.29. The zero-order valence-corrected chi connectivity index (χ0v) is 20.6. The number of aromatic nitrogens is 3. The number of phenolic OH excluding ortho intramolecular Hbond substituents is 1. The van der Waals surface area contributed by atoms with Crippen LogP contribution in [0.15, 0.2) is 54.3 Å². The first-order valence-electron chi connectivity index (χ1n) is 11.4. The third-order valence-corrected chi connectivity index (χ3v) is 6.52. The second kappa shape index (κ2) is 9.07. The summed E-state index contributed by atoms with van der Waals surface area (Å²) in [4.78, 5) is 27.0. The smallest absolute Gasteiger partial charge is 0.410 e. The van der Waals surface area contributed by atoms with Crippen molar-refractivity contribution in [3.8, 4) is 16.2 Å². The number of aromatic hydroxyl groups is 1. The number of hydrogen-bond donors (Lipinski definition) is 3. The van der Waals surface area contributed by atoms with Crippen LogP contribution in [0.2, 0.25) is 0 Å². The summed E-state index contributed by atoms with van der Waals surface area (Å²) in [5.41, 5.74) is 6.65. The van der Waals surface area contributed by atoms with Crippen molar-refractivity contribution < 1.29 is 14.6 Å². The van der Waals surface area contributed by atoms with Gasteiger partial charge in [0.2, 0.25) is 0 Å². The SMILES string of the molecule is CC(C)(C)OC(=O)N1CC=C(c2cc3c(Nc4ccc(O)c(-c5cncs5)c4)ccnc3[nH]2)CC1. The number of rotatable bonds is 4. The van der Waals surface area contributed by atoms with Gasteiger partial charge in [0.1, 0.15) is 17.0 Å². The molecule has 0 aliphatic carbocycles. The first-order valence-corrected chi connectivity index (χ1v) is 12.3. The molecule has 5 rings (SSSR count). The van der Waals surface area contributed by atoms with Gasteiger partial charge in [-0.05, 0) is 63.1 Å². The lowest BCUT2D eigenvalue weighted by molar-refractivity contribution is 0.0270. The summed E-state index contributed by atoms with van der Waals surface area (Å²) in [6.07, 6.45) is 6.00. The number of ether oxygens (including phenoxy) is 1. The number of anilines is 2. The van der Waals surface area contributed by atoms with E-state index in [1.807, 2.05) is 39.0 Å². The molecule has 0 bridgehead atoms. The van der Waals surface area contributed by atoms with Crippen molar-refractivity contribution in [1.29, 1.82) is 0 Å². The Hall–Kier alpha value is -3.85. The molecule has 0 radical (unpaired) electrons. The Morgan fingerprint density at radius 1 is 1.26 bits per heavy atom. The molecule has 4 heterocycles. The van der Waals surface area contributed by atoms with E-state index in [1.165, 1.54) is 11.3 Å². The number of hydrogen-bond acceptors (Lipinski definition) is 7. The molecule has 1 aliphatic rings. The third-order valence-electron chi connectivity index (χ3n) is 5.71. The summed E-state index contributed by atoms with van der Waals surface area (Å²) in [6, 6.07) is 9.45. The minimum Gasteiger partial charge on any atom is -0.507 e. The maximum atomic E-state index is 12.4. The van der Waals surface area contributed by atoms with E-state index >= 15 is 0 Å². The van der Waals surface area contributed by atoms with E-state index in [1.54, 1.807) is 28.9 Å². The molecular formula is C26H27N5O3S. The molecule has 1 aromatic carbocycles. The molecule has 0 unspecified atom stereocenters. The molecule has 1 aliphatic heterocycles. The van der Waals surface area contributed by atoms with Crippen molar-refractivity contribution in [3.63, 3.8) is 0 Å². The van der Waals surface area contributed by atoms with Crippen LogP contribution in [-0.4, -0.2) is 49.7 Å². The fourth-order valence-corrected chi connectivity index (χ4v) is 4.68. The highest BCUT2D eigenvalue weighted by Gasteiger charge is 2.24. The van der Waals surface area contributed by atoms with Gasteiger partial charge >= 0.3 is 6.09 Å². The zero-order chi connectivity index (χ0) is 24.6. The molecule has 9 heteroatoms. The van der Waals surface area contributed by atoms with Gasteiger partial charge in [-0.3, -0.25) is 4.98 Å². The van der Waals surface area contributed by atoms with Gasteiger partial charge in [0, 0.05) is 47.8 Å². The Morgan fingerprint density at radius 3 is 2.83 bits per heavy atom. The summed E-state index contributed by atoms with van der Waals surface area (Å²) < 4.78 is 5.49. The Balaban J connectivity index is 1.37. The Bertz CT molecular complexity index is 1400. The predicted octanol–water partition coefficient (Wildman–Crippen LogP) is 6.16. The number of H-pyrrole nitrogens is 1. The number of thiazole rings is 1. The van der Waals surface area contributed by atoms with E-state index in [2.05, 4.69) is 32.4 Å². The minimum absolute atomic E-state index is 0.216. The van der Waals surface area contributed by atoms with Crippen molar-refractivity contribution in [3.05, 3.63) is 60.0 Å². The van der Waals surface area contributed by atoms with Gasteiger partial charge in [0.25, 0.3) is 0 Å². The molecule has 180 valence electrons. The molecule has 35 heavy (non-hydrogen) atoms. The molecule has 0 fully saturated rings. The summed E-state index contributed by atoms with van der Waals surface area (Å²) in [6.45, 7) is 6.72. The van der Waals surface area contributed by atoms with Crippen molar-refractivity contribution in [1.82, 2.24) is 19.9 Å². The lowest BCUT2D eigenvalue weighted by atomic mass is 10.0. The van der Waals surface area contributed by atoms with Gasteiger partial charge in [0.15, 0.2) is 0 Å². The Morgan fingerprint density at radius 2 is 2.11 bits per heavy atom. The fourth-order valence-electron chi connectivity index (χ4n) is 4.03. The van der Waals surface area contributed by atoms with Crippen molar-refractivity contribution in [2.75, 3.05) is 18.4 Å². The number of nitrogens with zero attached hydrogens (tertiary/aromatic N) is 3. The van der Waals surface area contributed by atoms with E-state index < -0.39 is 5.60 Å². The van der Waals surface area contributed by atoms with Crippen LogP contribution in [0.1, 0.15) is 32.9 Å². The number of carbonyl (C=O) groups excluding carboxylic acids is 1. The van der Waals surface area contributed by atoms with Gasteiger partial charge in [-0.2, -0.15) is 0 Å². The standard InChI is InChI=1S/C26H27N5O3S/c1-26(2,3)34-25(33)31-10-7-16(8-11-31)21-13-18-20(6-9-28-24(18)30-21)29-17-4-5-22(32)19(12-17)23-14-27-15-35-23/h4-7,9,12-15,32H,8,10-11H2,1-3H3,(H2,28,29,30). The summed E-state index contributed by atoms with van der Waals surface area (Å²) >= 11 is 1.48. The van der Waals surface area contributed by atoms with Crippen molar-refractivity contribution in [2.24, 2.45) is 0 Å². The topological polar surface area (TPSA) is 103 Å². The van der Waals surface area contributed by atoms with Crippen LogP contribution in [0.5, 0.6) is 5.75 Å². The van der Waals surface area contributed by atoms with Crippen molar-refractivity contribution >= 4 is 45.4 Å². The average Bonchev–Trinajstić information content (AvgIpc) is 3.50. The number of aromatic amines is 1. The van der Waals surface area contributed by atoms with Gasteiger partial charge in [-0.1, -0.05) is 6.08 Å². The summed E-state index contributed by atoms with van der Waals surface area (Å²) in [7, 11) is 0. The second-order valence-electron chi connectivity index (χ2n) is 9.43. The van der Waals surface area contributed by atoms with Crippen molar-refractivity contribution in [2.45, 2.75) is 32.8 Å². The second-order valence-corrected chi connectivity index (χ2v) is 10.3. The maximum Gasteiger partial charge on any atom is 0.410 e. The first kappa shape index (κ1) is 22.9. The molecule has 4 aromatic rings. The Kier molecular flexibility index (Phi) is 5.94. The number of nitrogens with one attached hydrogen (secondary N) is 2. The third kappa shape index (κ3) is 5.00. The predicted molar refractivity (Wildman–Crippen MR) is 139 cm³/mol. The van der Waals surface area contributed by atoms with Gasteiger partial charge in [0.05, 0.1) is 16.1 Å². The molecule has 3 aromatic heterocycles. The highest BCUT2D eigenvalue weighted by atomic mass is 32.1. The normalized spacial score (nSPS) is 14.1. The van der Waals surface area contributed by atoms with Crippen LogP contribution in [0.4, 0.5) is 16.2 Å². The van der Waals surface area contributed by atoms with E-state index in [-0.39, 0.29) is 11.8 Å². The molecule has 0 atom stereocenters. The quantitative estimate of drug-likeness (QED) is 0.297. The highest BCUT2D eigenvalue weighted by Crippen LogP contribution is 2.36. The van der Waals surface area contributed by atoms with Gasteiger partial charge < -0.3 is 25.0 Å². The number of fused-ring (bicyclic) bond motifs is 1. The van der Waals surface area contributed by atoms with Crippen LogP contribution < -0.4 is 5.32 Å². The van der Waals surface area contributed by atoms with E-state index in [0.717, 1.165) is 50.5 Å². The molecular weight excluding hydrogens is 462 g/mol. The van der Waals surface area contributed by atoms with Crippen LogP contribution in [0.3, 0.4) is 0 Å².